The lowest BCUT2D eigenvalue weighted by molar-refractivity contribution is 0.224. The SMILES string of the molecule is N=C(OC(=O)[SH2+])c1ccc2ccccc2n1. The molecule has 1 aromatic heterocycles. The van der Waals surface area contributed by atoms with Crippen molar-refractivity contribution in [2.24, 2.45) is 0 Å². The highest BCUT2D eigenvalue weighted by Crippen LogP contribution is 2.12. The average Bonchev–Trinajstić information content (AvgIpc) is 2.27. The van der Waals surface area contributed by atoms with E-state index in [1.165, 1.54) is 0 Å². The number of hydrogen-bond acceptors (Lipinski definition) is 4. The maximum Gasteiger partial charge on any atom is 0.527 e. The molecule has 2 aromatic rings. The Bertz CT molecular complexity index is 569. The van der Waals surface area contributed by atoms with Gasteiger partial charge in [-0.25, -0.2) is 4.98 Å². The number of carbonyl (C=O) groups excluding carboxylic acids is 1. The van der Waals surface area contributed by atoms with Crippen molar-refractivity contribution in [3.63, 3.8) is 0 Å². The van der Waals surface area contributed by atoms with Gasteiger partial charge in [-0.3, -0.25) is 5.41 Å². The summed E-state index contributed by atoms with van der Waals surface area (Å²) in [5.74, 6) is -0.272. The maximum absolute atomic E-state index is 10.6. The summed E-state index contributed by atoms with van der Waals surface area (Å²) in [6.07, 6.45) is 0. The summed E-state index contributed by atoms with van der Waals surface area (Å²) in [5.41, 5.74) is 1.08. The number of aromatic nitrogens is 1. The fourth-order valence-corrected chi connectivity index (χ4v) is 1.44. The normalized spacial score (nSPS) is 10.1. The highest BCUT2D eigenvalue weighted by molar-refractivity contribution is 7.76. The molecule has 0 aliphatic rings. The van der Waals surface area contributed by atoms with E-state index in [0.29, 0.717) is 5.69 Å². The van der Waals surface area contributed by atoms with E-state index in [4.69, 9.17) is 5.41 Å². The van der Waals surface area contributed by atoms with Crippen molar-refractivity contribution in [1.82, 2.24) is 4.98 Å². The zero-order valence-corrected chi connectivity index (χ0v) is 9.23. The number of hydrogen-bond donors (Lipinski definition) is 1. The molecule has 0 aliphatic heterocycles. The topological polar surface area (TPSA) is 63.0 Å². The van der Waals surface area contributed by atoms with Crippen LogP contribution < -0.4 is 0 Å². The van der Waals surface area contributed by atoms with Gasteiger partial charge >= 0.3 is 5.30 Å². The first-order chi connectivity index (χ1) is 7.66. The van der Waals surface area contributed by atoms with E-state index in [-0.39, 0.29) is 5.90 Å². The van der Waals surface area contributed by atoms with Crippen LogP contribution in [-0.4, -0.2) is 16.2 Å². The van der Waals surface area contributed by atoms with Crippen molar-refractivity contribution in [3.8, 4) is 0 Å². The Kier molecular flexibility index (Phi) is 2.87. The molecule has 2 rings (SSSR count). The van der Waals surface area contributed by atoms with Gasteiger partial charge in [0.1, 0.15) is 5.69 Å². The number of rotatable bonds is 1. The molecule has 0 unspecified atom stereocenters. The molecule has 16 heavy (non-hydrogen) atoms. The zero-order chi connectivity index (χ0) is 11.5. The molecule has 80 valence electrons. The number of carbonyl (C=O) groups is 1. The molecule has 0 spiro atoms. The summed E-state index contributed by atoms with van der Waals surface area (Å²) >= 11 is 2.64. The third-order valence-corrected chi connectivity index (χ3v) is 2.13. The van der Waals surface area contributed by atoms with E-state index in [1.54, 1.807) is 6.07 Å². The zero-order valence-electron chi connectivity index (χ0n) is 8.23. The van der Waals surface area contributed by atoms with E-state index in [0.717, 1.165) is 10.9 Å². The van der Waals surface area contributed by atoms with Crippen molar-refractivity contribution in [2.45, 2.75) is 0 Å². The molecule has 0 amide bonds. The van der Waals surface area contributed by atoms with Crippen molar-refractivity contribution < 1.29 is 9.53 Å². The molecule has 4 nitrogen and oxygen atoms in total. The molecule has 5 heteroatoms. The Morgan fingerprint density at radius 2 is 2.00 bits per heavy atom. The Morgan fingerprint density at radius 3 is 2.75 bits per heavy atom. The third-order valence-electron chi connectivity index (χ3n) is 2.03. The molecular formula is C11H9N2O2S+. The Labute approximate surface area is 97.2 Å². The highest BCUT2D eigenvalue weighted by atomic mass is 32.1. The van der Waals surface area contributed by atoms with Gasteiger partial charge in [-0.1, -0.05) is 24.3 Å². The predicted octanol–water partition coefficient (Wildman–Crippen LogP) is 1.71. The molecule has 0 saturated heterocycles. The van der Waals surface area contributed by atoms with E-state index in [1.807, 2.05) is 30.3 Å². The average molecular weight is 233 g/mol. The second kappa shape index (κ2) is 4.32. The van der Waals surface area contributed by atoms with E-state index in [2.05, 4.69) is 22.3 Å². The number of benzene rings is 1. The second-order valence-electron chi connectivity index (χ2n) is 3.11. The molecule has 0 fully saturated rings. The van der Waals surface area contributed by atoms with Crippen LogP contribution in [0.2, 0.25) is 0 Å². The molecule has 1 N–H and O–H groups in total. The number of nitrogens with zero attached hydrogens (tertiary/aromatic N) is 1. The van der Waals surface area contributed by atoms with Crippen LogP contribution in [0.25, 0.3) is 10.9 Å². The van der Waals surface area contributed by atoms with Gasteiger partial charge < -0.3 is 4.74 Å². The smallest absolute Gasteiger partial charge is 0.366 e. The van der Waals surface area contributed by atoms with E-state index < -0.39 is 5.30 Å². The Balaban J connectivity index is 2.39. The first kappa shape index (κ1) is 10.6. The van der Waals surface area contributed by atoms with Gasteiger partial charge in [-0.2, -0.15) is 4.79 Å². The summed E-state index contributed by atoms with van der Waals surface area (Å²) in [6.45, 7) is 0. The monoisotopic (exact) mass is 233 g/mol. The Morgan fingerprint density at radius 1 is 1.25 bits per heavy atom. The molecule has 0 aliphatic carbocycles. The lowest BCUT2D eigenvalue weighted by atomic mass is 10.2. The van der Waals surface area contributed by atoms with Crippen molar-refractivity contribution >= 4 is 34.7 Å². The van der Waals surface area contributed by atoms with Crippen LogP contribution in [0.5, 0.6) is 0 Å². The lowest BCUT2D eigenvalue weighted by Crippen LogP contribution is -2.10. The molecule has 0 saturated carbocycles. The van der Waals surface area contributed by atoms with Gasteiger partial charge in [0.2, 0.25) is 5.90 Å². The van der Waals surface area contributed by atoms with Crippen LogP contribution in [0.1, 0.15) is 5.69 Å². The molecule has 1 heterocycles. The number of pyridine rings is 1. The fraction of sp³-hybridized carbons (Fsp3) is 0. The first-order valence-corrected chi connectivity index (χ1v) is 5.05. The second-order valence-corrected chi connectivity index (χ2v) is 3.52. The van der Waals surface area contributed by atoms with Crippen LogP contribution >= 0.6 is 0 Å². The standard InChI is InChI=1S/C11H8N2O2S/c12-10(15-11(14)16)9-6-5-7-3-1-2-4-8(7)13-9/h1-6,12H,(H,14,16)/p+1. The van der Waals surface area contributed by atoms with Crippen molar-refractivity contribution in [3.05, 3.63) is 42.1 Å². The maximum atomic E-state index is 10.6. The molecule has 1 aromatic carbocycles. The highest BCUT2D eigenvalue weighted by Gasteiger charge is 2.11. The first-order valence-electron chi connectivity index (χ1n) is 4.55. The summed E-state index contributed by atoms with van der Waals surface area (Å²) in [6, 6.07) is 11.0. The summed E-state index contributed by atoms with van der Waals surface area (Å²) < 4.78 is 4.58. The summed E-state index contributed by atoms with van der Waals surface area (Å²) in [4.78, 5) is 14.8. The Hall–Kier alpha value is -1.88. The minimum absolute atomic E-state index is 0.272. The molecule has 0 bridgehead atoms. The van der Waals surface area contributed by atoms with Crippen molar-refractivity contribution in [2.75, 3.05) is 0 Å². The minimum Gasteiger partial charge on any atom is -0.366 e. The minimum atomic E-state index is -0.708. The largest absolute Gasteiger partial charge is 0.527 e. The lowest BCUT2D eigenvalue weighted by Gasteiger charge is -2.01. The number of para-hydroxylation sites is 1. The van der Waals surface area contributed by atoms with Crippen LogP contribution in [-0.2, 0) is 17.4 Å². The quantitative estimate of drug-likeness (QED) is 0.353. The van der Waals surface area contributed by atoms with Crippen LogP contribution in [0, 0.1) is 5.41 Å². The molecular weight excluding hydrogens is 224 g/mol. The van der Waals surface area contributed by atoms with Crippen LogP contribution in [0.4, 0.5) is 4.79 Å². The molecule has 0 radical (unpaired) electrons. The van der Waals surface area contributed by atoms with Gasteiger partial charge in [0, 0.05) is 5.39 Å². The van der Waals surface area contributed by atoms with Gasteiger partial charge in [-0.15, -0.1) is 0 Å². The fourth-order valence-electron chi connectivity index (χ4n) is 1.34. The van der Waals surface area contributed by atoms with Crippen LogP contribution in [0.3, 0.4) is 0 Å². The van der Waals surface area contributed by atoms with E-state index in [9.17, 15) is 4.79 Å². The number of nitrogens with one attached hydrogen (secondary N) is 1. The van der Waals surface area contributed by atoms with Gasteiger partial charge in [0.25, 0.3) is 0 Å². The molecule has 0 atom stereocenters. The van der Waals surface area contributed by atoms with Gasteiger partial charge in [0.15, 0.2) is 0 Å². The van der Waals surface area contributed by atoms with Crippen LogP contribution in [0.15, 0.2) is 36.4 Å². The number of ether oxygens (including phenoxy) is 1. The summed E-state index contributed by atoms with van der Waals surface area (Å²) in [5, 5.41) is 7.77. The van der Waals surface area contributed by atoms with E-state index >= 15 is 0 Å². The third kappa shape index (κ3) is 2.20. The summed E-state index contributed by atoms with van der Waals surface area (Å²) in [7, 11) is 0. The van der Waals surface area contributed by atoms with Crippen molar-refractivity contribution in [1.29, 1.82) is 5.41 Å². The van der Waals surface area contributed by atoms with Gasteiger partial charge in [-0.05, 0) is 12.1 Å². The van der Waals surface area contributed by atoms with Gasteiger partial charge in [0.05, 0.1) is 18.1 Å². The predicted molar refractivity (Wildman–Crippen MR) is 65.2 cm³/mol. The number of fused-ring (bicyclic) bond motifs is 1.